The summed E-state index contributed by atoms with van der Waals surface area (Å²) in [6.45, 7) is 0. The zero-order valence-corrected chi connectivity index (χ0v) is 11.0. The zero-order valence-electron chi connectivity index (χ0n) is 10.2. The van der Waals surface area contributed by atoms with Crippen LogP contribution in [-0.4, -0.2) is 17.4 Å². The lowest BCUT2D eigenvalue weighted by Gasteiger charge is -2.16. The number of alkyl halides is 1. The molecule has 0 aromatic heterocycles. The molecule has 2 aromatic carbocycles. The highest BCUT2D eigenvalue weighted by Gasteiger charge is 2.27. The summed E-state index contributed by atoms with van der Waals surface area (Å²) in [6, 6.07) is 17.9. The number of hydrogen-bond acceptors (Lipinski definition) is 2. The quantitative estimate of drug-likeness (QED) is 0.475. The van der Waals surface area contributed by atoms with Crippen LogP contribution in [0.3, 0.4) is 0 Å². The van der Waals surface area contributed by atoms with E-state index in [9.17, 15) is 9.59 Å². The molecule has 2 nitrogen and oxygen atoms in total. The molecule has 19 heavy (non-hydrogen) atoms. The van der Waals surface area contributed by atoms with E-state index in [1.54, 1.807) is 36.4 Å². The third-order valence-corrected chi connectivity index (χ3v) is 3.42. The van der Waals surface area contributed by atoms with Crippen LogP contribution in [0.1, 0.15) is 21.8 Å². The minimum atomic E-state index is -0.887. The second-order valence-corrected chi connectivity index (χ2v) is 4.67. The molecule has 0 N–H and O–H groups in total. The van der Waals surface area contributed by atoms with E-state index in [2.05, 4.69) is 0 Å². The number of carbonyl (C=O) groups is 2. The standard InChI is InChI=1S/C16H13ClO2/c17-15(16(19)13-9-5-2-6-10-13)14(11-18)12-7-3-1-4-8-12/h1-11,14-15H/t14-,15-/m1/s1. The smallest absolute Gasteiger partial charge is 0.181 e. The van der Waals surface area contributed by atoms with Crippen molar-refractivity contribution in [2.24, 2.45) is 0 Å². The van der Waals surface area contributed by atoms with Crippen LogP contribution in [0.25, 0.3) is 0 Å². The lowest BCUT2D eigenvalue weighted by atomic mass is 9.92. The Kier molecular flexibility index (Phi) is 4.48. The minimum Gasteiger partial charge on any atom is -0.303 e. The first-order valence-electron chi connectivity index (χ1n) is 5.97. The van der Waals surface area contributed by atoms with Crippen molar-refractivity contribution >= 4 is 23.7 Å². The van der Waals surface area contributed by atoms with Crippen LogP contribution >= 0.6 is 11.6 Å². The Morgan fingerprint density at radius 3 is 2.00 bits per heavy atom. The number of Topliss-reactive ketones (excluding diaryl/α,β-unsaturated/α-hetero) is 1. The summed E-state index contributed by atoms with van der Waals surface area (Å²) in [5, 5.41) is -0.887. The van der Waals surface area contributed by atoms with Gasteiger partial charge in [-0.1, -0.05) is 60.7 Å². The number of ketones is 1. The van der Waals surface area contributed by atoms with Gasteiger partial charge in [0.25, 0.3) is 0 Å². The molecule has 0 radical (unpaired) electrons. The van der Waals surface area contributed by atoms with Crippen LogP contribution in [0.5, 0.6) is 0 Å². The van der Waals surface area contributed by atoms with E-state index in [1.807, 2.05) is 24.3 Å². The maximum Gasteiger partial charge on any atom is 0.181 e. The topological polar surface area (TPSA) is 34.1 Å². The molecule has 0 amide bonds. The molecule has 0 saturated heterocycles. The van der Waals surface area contributed by atoms with Gasteiger partial charge >= 0.3 is 0 Å². The van der Waals surface area contributed by atoms with Gasteiger partial charge in [-0.25, -0.2) is 0 Å². The van der Waals surface area contributed by atoms with Crippen LogP contribution in [0, 0.1) is 0 Å². The molecule has 0 heterocycles. The fraction of sp³-hybridized carbons (Fsp3) is 0.125. The molecule has 0 fully saturated rings. The molecule has 2 rings (SSSR count). The number of halogens is 1. The molecule has 0 unspecified atom stereocenters. The summed E-state index contributed by atoms with van der Waals surface area (Å²) < 4.78 is 0. The van der Waals surface area contributed by atoms with Gasteiger partial charge in [0.2, 0.25) is 0 Å². The second kappa shape index (κ2) is 6.30. The largest absolute Gasteiger partial charge is 0.303 e. The number of benzene rings is 2. The molecule has 2 atom stereocenters. The molecular weight excluding hydrogens is 260 g/mol. The van der Waals surface area contributed by atoms with Crippen LogP contribution in [0.2, 0.25) is 0 Å². The summed E-state index contributed by atoms with van der Waals surface area (Å²) in [5.74, 6) is -0.862. The van der Waals surface area contributed by atoms with Gasteiger partial charge < -0.3 is 4.79 Å². The Morgan fingerprint density at radius 2 is 1.47 bits per heavy atom. The van der Waals surface area contributed by atoms with E-state index in [0.29, 0.717) is 5.56 Å². The van der Waals surface area contributed by atoms with Gasteiger partial charge in [0, 0.05) is 5.56 Å². The first kappa shape index (κ1) is 13.5. The molecule has 3 heteroatoms. The Morgan fingerprint density at radius 1 is 0.947 bits per heavy atom. The van der Waals surface area contributed by atoms with Crippen LogP contribution in [-0.2, 0) is 4.79 Å². The van der Waals surface area contributed by atoms with Crippen LogP contribution < -0.4 is 0 Å². The van der Waals surface area contributed by atoms with E-state index in [1.165, 1.54) is 0 Å². The van der Waals surface area contributed by atoms with Gasteiger partial charge in [0.1, 0.15) is 11.7 Å². The van der Waals surface area contributed by atoms with Gasteiger partial charge in [-0.3, -0.25) is 4.79 Å². The van der Waals surface area contributed by atoms with Crippen LogP contribution in [0.15, 0.2) is 60.7 Å². The third-order valence-electron chi connectivity index (χ3n) is 2.96. The summed E-state index contributed by atoms with van der Waals surface area (Å²) >= 11 is 6.19. The summed E-state index contributed by atoms with van der Waals surface area (Å²) in [6.07, 6.45) is 0.730. The fourth-order valence-electron chi connectivity index (χ4n) is 1.92. The average Bonchev–Trinajstić information content (AvgIpc) is 2.49. The number of carbonyl (C=O) groups excluding carboxylic acids is 2. The van der Waals surface area contributed by atoms with Crippen LogP contribution in [0.4, 0.5) is 0 Å². The minimum absolute atomic E-state index is 0.233. The Hall–Kier alpha value is -1.93. The molecule has 2 aromatic rings. The van der Waals surface area contributed by atoms with E-state index in [0.717, 1.165) is 11.8 Å². The third kappa shape index (κ3) is 3.09. The predicted molar refractivity (Wildman–Crippen MR) is 75.7 cm³/mol. The molecular formula is C16H13ClO2. The van der Waals surface area contributed by atoms with Crippen molar-refractivity contribution in [3.05, 3.63) is 71.8 Å². The Labute approximate surface area is 117 Å². The van der Waals surface area contributed by atoms with Gasteiger partial charge in [0.05, 0.1) is 5.92 Å². The highest BCUT2D eigenvalue weighted by atomic mass is 35.5. The highest BCUT2D eigenvalue weighted by molar-refractivity contribution is 6.35. The molecule has 0 aliphatic rings. The first-order valence-corrected chi connectivity index (χ1v) is 6.41. The van der Waals surface area contributed by atoms with Gasteiger partial charge in [0.15, 0.2) is 5.78 Å². The van der Waals surface area contributed by atoms with Gasteiger partial charge in [-0.2, -0.15) is 0 Å². The van der Waals surface area contributed by atoms with Crippen molar-refractivity contribution < 1.29 is 9.59 Å². The molecule has 0 aliphatic heterocycles. The van der Waals surface area contributed by atoms with Crippen molar-refractivity contribution in [3.63, 3.8) is 0 Å². The highest BCUT2D eigenvalue weighted by Crippen LogP contribution is 2.24. The predicted octanol–water partition coefficient (Wildman–Crippen LogP) is 3.46. The summed E-state index contributed by atoms with van der Waals surface area (Å²) in [4.78, 5) is 23.5. The summed E-state index contributed by atoms with van der Waals surface area (Å²) in [7, 11) is 0. The van der Waals surface area contributed by atoms with Crippen molar-refractivity contribution in [1.29, 1.82) is 0 Å². The zero-order chi connectivity index (χ0) is 13.7. The van der Waals surface area contributed by atoms with E-state index >= 15 is 0 Å². The normalized spacial score (nSPS) is 13.5. The number of aldehydes is 1. The Bertz CT molecular complexity index is 551. The van der Waals surface area contributed by atoms with Gasteiger partial charge in [-0.05, 0) is 5.56 Å². The molecule has 0 spiro atoms. The average molecular weight is 273 g/mol. The van der Waals surface area contributed by atoms with Crippen molar-refractivity contribution in [1.82, 2.24) is 0 Å². The molecule has 96 valence electrons. The SMILES string of the molecule is O=C[C@H](c1ccccc1)[C@@H](Cl)C(=O)c1ccccc1. The lowest BCUT2D eigenvalue weighted by Crippen LogP contribution is -2.24. The van der Waals surface area contributed by atoms with Crippen molar-refractivity contribution in [2.45, 2.75) is 11.3 Å². The maximum atomic E-state index is 12.2. The van der Waals surface area contributed by atoms with E-state index < -0.39 is 11.3 Å². The molecule has 0 saturated carbocycles. The maximum absolute atomic E-state index is 12.2. The number of hydrogen-bond donors (Lipinski definition) is 0. The lowest BCUT2D eigenvalue weighted by molar-refractivity contribution is -0.109. The number of rotatable bonds is 5. The van der Waals surface area contributed by atoms with Crippen molar-refractivity contribution in [3.8, 4) is 0 Å². The Balaban J connectivity index is 2.25. The van der Waals surface area contributed by atoms with Crippen molar-refractivity contribution in [2.75, 3.05) is 0 Å². The summed E-state index contributed by atoms with van der Waals surface area (Å²) in [5.41, 5.74) is 1.27. The fourth-order valence-corrected chi connectivity index (χ4v) is 2.25. The second-order valence-electron chi connectivity index (χ2n) is 4.20. The van der Waals surface area contributed by atoms with E-state index in [-0.39, 0.29) is 5.78 Å². The van der Waals surface area contributed by atoms with Gasteiger partial charge in [-0.15, -0.1) is 11.6 Å². The molecule has 0 bridgehead atoms. The molecule has 0 aliphatic carbocycles. The monoisotopic (exact) mass is 272 g/mol. The first-order chi connectivity index (χ1) is 9.24. The van der Waals surface area contributed by atoms with E-state index in [4.69, 9.17) is 11.6 Å².